The lowest BCUT2D eigenvalue weighted by Crippen LogP contribution is -2.47. The maximum atomic E-state index is 13.4. The van der Waals surface area contributed by atoms with Gasteiger partial charge >= 0.3 is 17.4 Å². The summed E-state index contributed by atoms with van der Waals surface area (Å²) >= 11 is -1.10. The SMILES string of the molecule is O=C(OC(C(F)(F)F)C(F)(F)SOOO)C1CC2C=CC1C2. The van der Waals surface area contributed by atoms with Gasteiger partial charge in [0.25, 0.3) is 6.10 Å². The molecule has 0 spiro atoms. The van der Waals surface area contributed by atoms with Gasteiger partial charge in [0.05, 0.1) is 5.92 Å². The van der Waals surface area contributed by atoms with Gasteiger partial charge in [-0.2, -0.15) is 22.0 Å². The minimum absolute atomic E-state index is 0.0629. The van der Waals surface area contributed by atoms with Gasteiger partial charge in [-0.3, -0.25) is 4.79 Å². The molecule has 0 amide bonds. The summed E-state index contributed by atoms with van der Waals surface area (Å²) in [7, 11) is 0. The molecule has 1 N–H and O–H groups in total. The van der Waals surface area contributed by atoms with Crippen molar-refractivity contribution in [3.63, 3.8) is 0 Å². The van der Waals surface area contributed by atoms with E-state index in [1.165, 1.54) is 0 Å². The second-order valence-corrected chi connectivity index (χ2v) is 5.88. The lowest BCUT2D eigenvalue weighted by Gasteiger charge is -2.28. The fourth-order valence-corrected chi connectivity index (χ4v) is 3.08. The zero-order valence-corrected chi connectivity index (χ0v) is 11.6. The molecule has 1 saturated carbocycles. The Hall–Kier alpha value is -0.910. The van der Waals surface area contributed by atoms with Gasteiger partial charge in [0, 0.05) is 0 Å². The van der Waals surface area contributed by atoms with Crippen molar-refractivity contribution in [2.45, 2.75) is 30.4 Å². The Morgan fingerprint density at radius 2 is 1.91 bits per heavy atom. The average molecular weight is 350 g/mol. The smallest absolute Gasteiger partial charge is 0.432 e. The molecule has 11 heteroatoms. The number of fused-ring (bicyclic) bond motifs is 2. The molecule has 2 aliphatic rings. The molecule has 2 aliphatic carbocycles. The standard InChI is InChI=1S/C11H11F5O5S/c12-10(13,14)9(11(15,16)22-21-20-18)19-8(17)7-4-5-1-2-6(7)3-5/h1-2,5-7,9,18H,3-4H2. The van der Waals surface area contributed by atoms with Crippen LogP contribution in [0.2, 0.25) is 0 Å². The van der Waals surface area contributed by atoms with Crippen molar-refractivity contribution in [1.82, 2.24) is 0 Å². The van der Waals surface area contributed by atoms with Crippen LogP contribution in [0.25, 0.3) is 0 Å². The number of rotatable bonds is 6. The summed E-state index contributed by atoms with van der Waals surface area (Å²) < 4.78 is 72.5. The first kappa shape index (κ1) is 17.4. The van der Waals surface area contributed by atoms with E-state index in [2.05, 4.69) is 14.1 Å². The molecular formula is C11H11F5O5S. The highest BCUT2D eigenvalue weighted by atomic mass is 32.2. The van der Waals surface area contributed by atoms with Crippen LogP contribution >= 0.6 is 12.0 Å². The normalized spacial score (nSPS) is 28.9. The number of carbonyl (C=O) groups excluding carboxylic acids is 1. The first-order valence-corrected chi connectivity index (χ1v) is 6.88. The Bertz CT molecular complexity index is 455. The van der Waals surface area contributed by atoms with Gasteiger partial charge in [-0.05, 0) is 24.7 Å². The van der Waals surface area contributed by atoms with Gasteiger partial charge in [-0.1, -0.05) is 17.2 Å². The highest BCUT2D eigenvalue weighted by Crippen LogP contribution is 2.46. The lowest BCUT2D eigenvalue weighted by molar-refractivity contribution is -0.434. The van der Waals surface area contributed by atoms with Gasteiger partial charge in [-0.15, -0.1) is 4.33 Å². The van der Waals surface area contributed by atoms with E-state index in [0.29, 0.717) is 6.42 Å². The molecule has 4 atom stereocenters. The summed E-state index contributed by atoms with van der Waals surface area (Å²) in [6.07, 6.45) is -4.83. The van der Waals surface area contributed by atoms with Gasteiger partial charge in [0.2, 0.25) is 0 Å². The van der Waals surface area contributed by atoms with Crippen LogP contribution in [0.15, 0.2) is 12.2 Å². The van der Waals surface area contributed by atoms with Crippen molar-refractivity contribution >= 4 is 18.0 Å². The Kier molecular flexibility index (Phi) is 5.00. The van der Waals surface area contributed by atoms with Gasteiger partial charge < -0.3 is 4.74 Å². The summed E-state index contributed by atoms with van der Waals surface area (Å²) in [4.78, 5) is 11.8. The predicted molar refractivity (Wildman–Crippen MR) is 62.1 cm³/mol. The second-order valence-electron chi connectivity index (χ2n) is 5.03. The fraction of sp³-hybridized carbons (Fsp3) is 0.727. The molecule has 0 aromatic rings. The van der Waals surface area contributed by atoms with Gasteiger partial charge in [0.15, 0.2) is 0 Å². The summed E-state index contributed by atoms with van der Waals surface area (Å²) in [6.45, 7) is 0. The Morgan fingerprint density at radius 3 is 2.36 bits per heavy atom. The number of hydrogen-bond donors (Lipinski definition) is 1. The van der Waals surface area contributed by atoms with E-state index in [1.54, 1.807) is 6.08 Å². The van der Waals surface area contributed by atoms with Crippen molar-refractivity contribution in [2.24, 2.45) is 17.8 Å². The van der Waals surface area contributed by atoms with Crippen molar-refractivity contribution in [1.29, 1.82) is 0 Å². The number of alkyl halides is 5. The molecule has 0 aromatic carbocycles. The maximum absolute atomic E-state index is 13.4. The van der Waals surface area contributed by atoms with Crippen LogP contribution in [0.5, 0.6) is 0 Å². The summed E-state index contributed by atoms with van der Waals surface area (Å²) in [5, 5.41) is 5.93. The van der Waals surface area contributed by atoms with E-state index in [9.17, 15) is 26.7 Å². The summed E-state index contributed by atoms with van der Waals surface area (Å²) in [5.41, 5.74) is 0. The molecule has 0 aromatic heterocycles. The van der Waals surface area contributed by atoms with Crippen molar-refractivity contribution in [2.75, 3.05) is 0 Å². The van der Waals surface area contributed by atoms with Crippen LogP contribution in [0.3, 0.4) is 0 Å². The molecule has 126 valence electrons. The molecular weight excluding hydrogens is 339 g/mol. The summed E-state index contributed by atoms with van der Waals surface area (Å²) in [6, 6.07) is 0. The fourth-order valence-electron chi connectivity index (χ4n) is 2.69. The molecule has 2 rings (SSSR count). The van der Waals surface area contributed by atoms with E-state index in [-0.39, 0.29) is 18.3 Å². The number of ether oxygens (including phenoxy) is 1. The quantitative estimate of drug-likeness (QED) is 0.198. The minimum atomic E-state index is -5.52. The van der Waals surface area contributed by atoms with Gasteiger partial charge in [-0.25, -0.2) is 5.26 Å². The first-order chi connectivity index (χ1) is 10.1. The zero-order valence-electron chi connectivity index (χ0n) is 10.8. The molecule has 2 bridgehead atoms. The molecule has 5 nitrogen and oxygen atoms in total. The van der Waals surface area contributed by atoms with E-state index in [1.807, 2.05) is 6.08 Å². The molecule has 0 saturated heterocycles. The molecule has 0 radical (unpaired) electrons. The monoisotopic (exact) mass is 350 g/mol. The third-order valence-corrected chi connectivity index (χ3v) is 4.16. The Balaban J connectivity index is 2.07. The molecule has 1 fully saturated rings. The van der Waals surface area contributed by atoms with Crippen LogP contribution in [0, 0.1) is 17.8 Å². The summed E-state index contributed by atoms with van der Waals surface area (Å²) in [5.74, 6) is -2.42. The van der Waals surface area contributed by atoms with Crippen LogP contribution in [-0.2, 0) is 18.9 Å². The number of esters is 1. The lowest BCUT2D eigenvalue weighted by atomic mass is 9.94. The largest absolute Gasteiger partial charge is 0.445 e. The topological polar surface area (TPSA) is 65.0 Å². The first-order valence-electron chi connectivity index (χ1n) is 6.14. The number of halogens is 5. The molecule has 0 aliphatic heterocycles. The molecule has 4 unspecified atom stereocenters. The number of carbonyl (C=O) groups is 1. The maximum Gasteiger partial charge on any atom is 0.432 e. The van der Waals surface area contributed by atoms with E-state index in [4.69, 9.17) is 5.26 Å². The van der Waals surface area contributed by atoms with Crippen LogP contribution in [0.1, 0.15) is 12.8 Å². The van der Waals surface area contributed by atoms with Crippen LogP contribution in [-0.4, -0.2) is 28.8 Å². The van der Waals surface area contributed by atoms with Crippen molar-refractivity contribution in [3.05, 3.63) is 12.2 Å². The van der Waals surface area contributed by atoms with Crippen LogP contribution < -0.4 is 0 Å². The van der Waals surface area contributed by atoms with E-state index < -0.39 is 41.5 Å². The predicted octanol–water partition coefficient (Wildman–Crippen LogP) is 3.33. The number of hydrogen-bond acceptors (Lipinski definition) is 6. The van der Waals surface area contributed by atoms with Crippen molar-refractivity contribution in [3.8, 4) is 0 Å². The second kappa shape index (κ2) is 6.30. The Labute approximate surface area is 125 Å². The third-order valence-electron chi connectivity index (χ3n) is 3.59. The molecule has 0 heterocycles. The van der Waals surface area contributed by atoms with Crippen LogP contribution in [0.4, 0.5) is 22.0 Å². The number of allylic oxidation sites excluding steroid dienone is 2. The highest BCUT2D eigenvalue weighted by Gasteiger charge is 2.61. The van der Waals surface area contributed by atoms with E-state index in [0.717, 1.165) is 0 Å². The third kappa shape index (κ3) is 3.70. The Morgan fingerprint density at radius 1 is 1.23 bits per heavy atom. The van der Waals surface area contributed by atoms with Gasteiger partial charge in [0.1, 0.15) is 12.0 Å². The minimum Gasteiger partial charge on any atom is -0.445 e. The molecule has 22 heavy (non-hydrogen) atoms. The highest BCUT2D eigenvalue weighted by molar-refractivity contribution is 7.95. The van der Waals surface area contributed by atoms with E-state index >= 15 is 0 Å². The van der Waals surface area contributed by atoms with Crippen molar-refractivity contribution < 1.29 is 46.1 Å². The average Bonchev–Trinajstić information content (AvgIpc) is 3.03. The zero-order chi connectivity index (χ0) is 16.5.